The Kier molecular flexibility index (Phi) is 7.08. The Morgan fingerprint density at radius 1 is 1.17 bits per heavy atom. The van der Waals surface area contributed by atoms with Crippen LogP contribution >= 0.6 is 11.6 Å². The van der Waals surface area contributed by atoms with Gasteiger partial charge >= 0.3 is 0 Å². The second kappa shape index (κ2) is 9.93. The molecule has 1 N–H and O–H groups in total. The standard InChI is InChI=1S/C22H23ClN4O3/c1-4-29-21-11-15(5-8-20(21)30-14-22(28)27(2)3)13-25-26-18-9-10-24-19-12-16(23)6-7-17(18)19/h5-13H,4,14H2,1-3H3,(H,24,26)/b25-13+. The monoisotopic (exact) mass is 426 g/mol. The molecule has 0 aliphatic carbocycles. The number of ether oxygens (including phenoxy) is 2. The van der Waals surface area contributed by atoms with E-state index in [0.717, 1.165) is 22.2 Å². The summed E-state index contributed by atoms with van der Waals surface area (Å²) in [5.41, 5.74) is 5.46. The van der Waals surface area contributed by atoms with Crippen LogP contribution in [0.5, 0.6) is 11.5 Å². The number of carbonyl (C=O) groups excluding carboxylic acids is 1. The Balaban J connectivity index is 1.74. The molecule has 0 fully saturated rings. The van der Waals surface area contributed by atoms with E-state index >= 15 is 0 Å². The summed E-state index contributed by atoms with van der Waals surface area (Å²) >= 11 is 6.03. The number of nitrogens with zero attached hydrogens (tertiary/aromatic N) is 3. The molecule has 1 amide bonds. The first-order valence-corrected chi connectivity index (χ1v) is 9.79. The average Bonchev–Trinajstić information content (AvgIpc) is 2.73. The fourth-order valence-electron chi connectivity index (χ4n) is 2.66. The Morgan fingerprint density at radius 2 is 2.00 bits per heavy atom. The van der Waals surface area contributed by atoms with Gasteiger partial charge in [-0.05, 0) is 55.0 Å². The number of rotatable bonds is 8. The Labute approximate surface area is 180 Å². The zero-order valence-corrected chi connectivity index (χ0v) is 17.8. The molecule has 0 aliphatic rings. The molecule has 0 aliphatic heterocycles. The number of hydrogen-bond donors (Lipinski definition) is 1. The van der Waals surface area contributed by atoms with Crippen molar-refractivity contribution in [3.05, 3.63) is 59.2 Å². The van der Waals surface area contributed by atoms with Gasteiger partial charge in [-0.25, -0.2) is 0 Å². The highest BCUT2D eigenvalue weighted by molar-refractivity contribution is 6.31. The highest BCUT2D eigenvalue weighted by Crippen LogP contribution is 2.28. The molecule has 7 nitrogen and oxygen atoms in total. The van der Waals surface area contributed by atoms with Gasteiger partial charge in [0.25, 0.3) is 5.91 Å². The number of pyridine rings is 1. The van der Waals surface area contributed by atoms with Crippen molar-refractivity contribution in [1.29, 1.82) is 0 Å². The summed E-state index contributed by atoms with van der Waals surface area (Å²) in [5.74, 6) is 0.935. The second-order valence-corrected chi connectivity index (χ2v) is 7.04. The van der Waals surface area contributed by atoms with E-state index in [9.17, 15) is 4.79 Å². The molecule has 2 aromatic carbocycles. The summed E-state index contributed by atoms with van der Waals surface area (Å²) in [7, 11) is 3.37. The number of anilines is 1. The first-order valence-electron chi connectivity index (χ1n) is 9.41. The normalized spacial score (nSPS) is 10.9. The number of halogens is 1. The Morgan fingerprint density at radius 3 is 2.77 bits per heavy atom. The molecule has 1 heterocycles. The molecule has 0 unspecified atom stereocenters. The van der Waals surface area contributed by atoms with Crippen LogP contribution in [0.25, 0.3) is 10.9 Å². The molecule has 3 rings (SSSR count). The summed E-state index contributed by atoms with van der Waals surface area (Å²) in [6, 6.07) is 12.8. The first kappa shape index (κ1) is 21.4. The van der Waals surface area contributed by atoms with E-state index in [1.54, 1.807) is 38.6 Å². The minimum Gasteiger partial charge on any atom is -0.490 e. The fourth-order valence-corrected chi connectivity index (χ4v) is 2.82. The number of carbonyl (C=O) groups is 1. The van der Waals surface area contributed by atoms with E-state index in [0.29, 0.717) is 23.1 Å². The summed E-state index contributed by atoms with van der Waals surface area (Å²) in [4.78, 5) is 17.6. The van der Waals surface area contributed by atoms with Crippen molar-refractivity contribution in [3.8, 4) is 11.5 Å². The van der Waals surface area contributed by atoms with Crippen molar-refractivity contribution < 1.29 is 14.3 Å². The van der Waals surface area contributed by atoms with Gasteiger partial charge in [-0.3, -0.25) is 15.2 Å². The van der Waals surface area contributed by atoms with Crippen LogP contribution in [0.15, 0.2) is 53.8 Å². The van der Waals surface area contributed by atoms with Gasteiger partial charge < -0.3 is 14.4 Å². The predicted molar refractivity (Wildman–Crippen MR) is 120 cm³/mol. The van der Waals surface area contributed by atoms with Crippen molar-refractivity contribution in [2.45, 2.75) is 6.92 Å². The van der Waals surface area contributed by atoms with E-state index in [2.05, 4.69) is 15.5 Å². The second-order valence-electron chi connectivity index (χ2n) is 6.61. The van der Waals surface area contributed by atoms with Gasteiger partial charge in [0.1, 0.15) is 0 Å². The van der Waals surface area contributed by atoms with E-state index < -0.39 is 0 Å². The van der Waals surface area contributed by atoms with Crippen LogP contribution in [0.1, 0.15) is 12.5 Å². The van der Waals surface area contributed by atoms with Crippen LogP contribution in [0, 0.1) is 0 Å². The van der Waals surface area contributed by atoms with E-state index in [1.807, 2.05) is 37.3 Å². The minimum absolute atomic E-state index is 0.0544. The molecule has 0 radical (unpaired) electrons. The summed E-state index contributed by atoms with van der Waals surface area (Å²) in [5, 5.41) is 5.87. The Bertz CT molecular complexity index is 1070. The number of likely N-dealkylation sites (N-methyl/N-ethyl adjacent to an activating group) is 1. The lowest BCUT2D eigenvalue weighted by atomic mass is 10.2. The third-order valence-electron chi connectivity index (χ3n) is 4.22. The molecule has 8 heteroatoms. The average molecular weight is 427 g/mol. The van der Waals surface area contributed by atoms with E-state index in [1.165, 1.54) is 4.90 Å². The van der Waals surface area contributed by atoms with Crippen molar-refractivity contribution in [1.82, 2.24) is 9.88 Å². The molecule has 1 aromatic heterocycles. The van der Waals surface area contributed by atoms with Gasteiger partial charge in [-0.1, -0.05) is 11.6 Å². The molecule has 3 aromatic rings. The molecule has 156 valence electrons. The third-order valence-corrected chi connectivity index (χ3v) is 4.46. The maximum Gasteiger partial charge on any atom is 0.259 e. The lowest BCUT2D eigenvalue weighted by Crippen LogP contribution is -2.27. The highest BCUT2D eigenvalue weighted by Gasteiger charge is 2.10. The summed E-state index contributed by atoms with van der Waals surface area (Å²) < 4.78 is 11.3. The van der Waals surface area contributed by atoms with Crippen molar-refractivity contribution in [2.75, 3.05) is 32.7 Å². The lowest BCUT2D eigenvalue weighted by molar-refractivity contribution is -0.130. The fraction of sp³-hybridized carbons (Fsp3) is 0.227. The summed E-state index contributed by atoms with van der Waals surface area (Å²) in [6.07, 6.45) is 3.38. The van der Waals surface area contributed by atoms with Gasteiger partial charge in [0.2, 0.25) is 0 Å². The van der Waals surface area contributed by atoms with Gasteiger partial charge in [0, 0.05) is 30.7 Å². The molecule has 0 spiro atoms. The predicted octanol–water partition coefficient (Wildman–Crippen LogP) is 4.20. The minimum atomic E-state index is -0.127. The van der Waals surface area contributed by atoms with Gasteiger partial charge in [0.15, 0.2) is 18.1 Å². The van der Waals surface area contributed by atoms with E-state index in [4.69, 9.17) is 21.1 Å². The maximum absolute atomic E-state index is 11.8. The molecule has 0 saturated heterocycles. The van der Waals surface area contributed by atoms with Crippen LogP contribution in [0.2, 0.25) is 5.02 Å². The highest BCUT2D eigenvalue weighted by atomic mass is 35.5. The number of nitrogens with one attached hydrogen (secondary N) is 1. The smallest absolute Gasteiger partial charge is 0.259 e. The van der Waals surface area contributed by atoms with Crippen LogP contribution in [-0.4, -0.2) is 49.3 Å². The SMILES string of the molecule is CCOc1cc(/C=N/Nc2ccnc3cc(Cl)ccc23)ccc1OCC(=O)N(C)C. The number of amides is 1. The number of hydrazone groups is 1. The molecule has 0 atom stereocenters. The zero-order chi connectivity index (χ0) is 21.5. The molecular weight excluding hydrogens is 404 g/mol. The number of hydrogen-bond acceptors (Lipinski definition) is 6. The zero-order valence-electron chi connectivity index (χ0n) is 17.1. The van der Waals surface area contributed by atoms with Gasteiger partial charge in [-0.15, -0.1) is 0 Å². The van der Waals surface area contributed by atoms with Crippen LogP contribution in [0.3, 0.4) is 0 Å². The van der Waals surface area contributed by atoms with Gasteiger partial charge in [-0.2, -0.15) is 5.10 Å². The third kappa shape index (κ3) is 5.39. The van der Waals surface area contributed by atoms with E-state index in [-0.39, 0.29) is 12.5 Å². The maximum atomic E-state index is 11.8. The number of aromatic nitrogens is 1. The van der Waals surface area contributed by atoms with Crippen molar-refractivity contribution >= 4 is 40.3 Å². The van der Waals surface area contributed by atoms with Crippen LogP contribution in [0.4, 0.5) is 5.69 Å². The van der Waals surface area contributed by atoms with Crippen LogP contribution < -0.4 is 14.9 Å². The lowest BCUT2D eigenvalue weighted by Gasteiger charge is -2.14. The number of benzene rings is 2. The molecule has 0 bridgehead atoms. The topological polar surface area (TPSA) is 76.0 Å². The Hall–Kier alpha value is -3.32. The van der Waals surface area contributed by atoms with Crippen molar-refractivity contribution in [3.63, 3.8) is 0 Å². The van der Waals surface area contributed by atoms with Crippen molar-refractivity contribution in [2.24, 2.45) is 5.10 Å². The summed E-state index contributed by atoms with van der Waals surface area (Å²) in [6.45, 7) is 2.31. The largest absolute Gasteiger partial charge is 0.490 e. The molecule has 30 heavy (non-hydrogen) atoms. The number of fused-ring (bicyclic) bond motifs is 1. The van der Waals surface area contributed by atoms with Gasteiger partial charge in [0.05, 0.1) is 24.0 Å². The molecule has 0 saturated carbocycles. The molecular formula is C22H23ClN4O3. The first-order chi connectivity index (χ1) is 14.5. The quantitative estimate of drug-likeness (QED) is 0.431. The van der Waals surface area contributed by atoms with Crippen LogP contribution in [-0.2, 0) is 4.79 Å².